The second kappa shape index (κ2) is 6.24. The summed E-state index contributed by atoms with van der Waals surface area (Å²) in [4.78, 5) is 15.8. The molecular weight excluding hydrogens is 319 g/mol. The fraction of sp³-hybridized carbons (Fsp3) is 0.250. The van der Waals surface area contributed by atoms with E-state index in [2.05, 4.69) is 10.3 Å². The van der Waals surface area contributed by atoms with Gasteiger partial charge < -0.3 is 15.0 Å². The standard InChI is InChI=1S/C20H19FN2O2/c1-25-15-4-2-3-12(9-15)20(24)22-14-6-8-18-17(11-14)16-7-5-13(21)10-19(16)23-18/h2-5,7,9-10,14,23H,6,8,11H2,1H3,(H,22,24). The lowest BCUT2D eigenvalue weighted by Gasteiger charge is -2.23. The highest BCUT2D eigenvalue weighted by Gasteiger charge is 2.24. The minimum absolute atomic E-state index is 0.0651. The third-order valence-electron chi connectivity index (χ3n) is 4.82. The zero-order valence-electron chi connectivity index (χ0n) is 13.9. The van der Waals surface area contributed by atoms with Gasteiger partial charge in [-0.3, -0.25) is 4.79 Å². The van der Waals surface area contributed by atoms with Crippen LogP contribution < -0.4 is 10.1 Å². The number of aryl methyl sites for hydroxylation is 1. The van der Waals surface area contributed by atoms with Crippen LogP contribution in [0.1, 0.15) is 28.0 Å². The van der Waals surface area contributed by atoms with Crippen molar-refractivity contribution in [3.8, 4) is 5.75 Å². The summed E-state index contributed by atoms with van der Waals surface area (Å²) < 4.78 is 18.6. The summed E-state index contributed by atoms with van der Waals surface area (Å²) in [5, 5.41) is 4.15. The first-order valence-corrected chi connectivity index (χ1v) is 8.38. The van der Waals surface area contributed by atoms with Gasteiger partial charge in [-0.05, 0) is 61.2 Å². The summed E-state index contributed by atoms with van der Waals surface area (Å²) >= 11 is 0. The van der Waals surface area contributed by atoms with E-state index in [-0.39, 0.29) is 17.8 Å². The van der Waals surface area contributed by atoms with Gasteiger partial charge >= 0.3 is 0 Å². The maximum absolute atomic E-state index is 13.4. The van der Waals surface area contributed by atoms with Crippen LogP contribution in [0.5, 0.6) is 5.75 Å². The second-order valence-corrected chi connectivity index (χ2v) is 6.42. The molecule has 0 bridgehead atoms. The molecule has 0 radical (unpaired) electrons. The van der Waals surface area contributed by atoms with Crippen LogP contribution in [0.4, 0.5) is 4.39 Å². The van der Waals surface area contributed by atoms with E-state index in [1.165, 1.54) is 17.7 Å². The minimum atomic E-state index is -0.242. The lowest BCUT2D eigenvalue weighted by atomic mass is 9.91. The number of benzene rings is 2. The summed E-state index contributed by atoms with van der Waals surface area (Å²) in [6, 6.07) is 12.0. The fourth-order valence-corrected chi connectivity index (χ4v) is 3.55. The average molecular weight is 338 g/mol. The van der Waals surface area contributed by atoms with Crippen molar-refractivity contribution in [2.75, 3.05) is 7.11 Å². The van der Waals surface area contributed by atoms with Crippen molar-refractivity contribution >= 4 is 16.8 Å². The van der Waals surface area contributed by atoms with Crippen LogP contribution >= 0.6 is 0 Å². The SMILES string of the molecule is COc1cccc(C(=O)NC2CCc3[nH]c4cc(F)ccc4c3C2)c1. The second-order valence-electron chi connectivity index (χ2n) is 6.42. The van der Waals surface area contributed by atoms with Crippen LogP contribution in [-0.2, 0) is 12.8 Å². The van der Waals surface area contributed by atoms with Gasteiger partial charge in [-0.25, -0.2) is 4.39 Å². The number of carbonyl (C=O) groups is 1. The van der Waals surface area contributed by atoms with Gasteiger partial charge in [0.1, 0.15) is 11.6 Å². The largest absolute Gasteiger partial charge is 0.497 e. The Morgan fingerprint density at radius 1 is 1.28 bits per heavy atom. The van der Waals surface area contributed by atoms with E-state index in [1.54, 1.807) is 25.3 Å². The van der Waals surface area contributed by atoms with E-state index < -0.39 is 0 Å². The Morgan fingerprint density at radius 2 is 2.16 bits per heavy atom. The molecule has 25 heavy (non-hydrogen) atoms. The van der Waals surface area contributed by atoms with Gasteiger partial charge in [-0.1, -0.05) is 6.07 Å². The summed E-state index contributed by atoms with van der Waals surface area (Å²) in [5.74, 6) is 0.324. The number of carbonyl (C=O) groups excluding carboxylic acids is 1. The molecule has 0 aliphatic heterocycles. The molecular formula is C20H19FN2O2. The monoisotopic (exact) mass is 338 g/mol. The molecule has 1 unspecified atom stereocenters. The number of nitrogens with one attached hydrogen (secondary N) is 2. The highest BCUT2D eigenvalue weighted by Crippen LogP contribution is 2.29. The summed E-state index contributed by atoms with van der Waals surface area (Å²) in [5.41, 5.74) is 3.74. The van der Waals surface area contributed by atoms with E-state index in [1.807, 2.05) is 12.1 Å². The number of hydrogen-bond donors (Lipinski definition) is 2. The van der Waals surface area contributed by atoms with E-state index in [0.717, 1.165) is 35.9 Å². The fourth-order valence-electron chi connectivity index (χ4n) is 3.55. The Bertz CT molecular complexity index is 948. The van der Waals surface area contributed by atoms with E-state index in [9.17, 15) is 9.18 Å². The number of rotatable bonds is 3. The number of amides is 1. The first-order valence-electron chi connectivity index (χ1n) is 8.38. The van der Waals surface area contributed by atoms with Gasteiger partial charge in [0.2, 0.25) is 0 Å². The molecule has 128 valence electrons. The number of methoxy groups -OCH3 is 1. The van der Waals surface area contributed by atoms with Crippen LogP contribution in [0.3, 0.4) is 0 Å². The summed E-state index contributed by atoms with van der Waals surface area (Å²) in [6.45, 7) is 0. The number of ether oxygens (including phenoxy) is 1. The van der Waals surface area contributed by atoms with E-state index >= 15 is 0 Å². The first kappa shape index (κ1) is 15.7. The Balaban J connectivity index is 1.54. The third kappa shape index (κ3) is 2.97. The van der Waals surface area contributed by atoms with E-state index in [0.29, 0.717) is 11.3 Å². The van der Waals surface area contributed by atoms with Crippen LogP contribution in [0, 0.1) is 5.82 Å². The highest BCUT2D eigenvalue weighted by molar-refractivity contribution is 5.95. The number of aromatic nitrogens is 1. The van der Waals surface area contributed by atoms with Gasteiger partial charge in [0.25, 0.3) is 5.91 Å². The smallest absolute Gasteiger partial charge is 0.251 e. The van der Waals surface area contributed by atoms with Gasteiger partial charge in [0.15, 0.2) is 0 Å². The Kier molecular flexibility index (Phi) is 3.92. The topological polar surface area (TPSA) is 54.1 Å². The normalized spacial score (nSPS) is 16.5. The molecule has 1 atom stereocenters. The third-order valence-corrected chi connectivity index (χ3v) is 4.82. The Hall–Kier alpha value is -2.82. The maximum Gasteiger partial charge on any atom is 0.251 e. The molecule has 1 heterocycles. The maximum atomic E-state index is 13.4. The van der Waals surface area contributed by atoms with Crippen molar-refractivity contribution in [2.45, 2.75) is 25.3 Å². The molecule has 2 aromatic carbocycles. The number of aromatic amines is 1. The average Bonchev–Trinajstić information content (AvgIpc) is 2.98. The van der Waals surface area contributed by atoms with Crippen molar-refractivity contribution in [1.82, 2.24) is 10.3 Å². The molecule has 2 N–H and O–H groups in total. The van der Waals surface area contributed by atoms with Crippen molar-refractivity contribution in [1.29, 1.82) is 0 Å². The molecule has 1 aliphatic carbocycles. The lowest BCUT2D eigenvalue weighted by Crippen LogP contribution is -2.38. The summed E-state index contributed by atoms with van der Waals surface area (Å²) in [6.07, 6.45) is 2.45. The number of hydrogen-bond acceptors (Lipinski definition) is 2. The van der Waals surface area contributed by atoms with Crippen molar-refractivity contribution < 1.29 is 13.9 Å². The van der Waals surface area contributed by atoms with Crippen molar-refractivity contribution in [3.05, 3.63) is 65.1 Å². The minimum Gasteiger partial charge on any atom is -0.497 e. The predicted octanol–water partition coefficient (Wildman–Crippen LogP) is 3.60. The molecule has 1 aliphatic rings. The number of H-pyrrole nitrogens is 1. The Morgan fingerprint density at radius 3 is 3.00 bits per heavy atom. The van der Waals surface area contributed by atoms with Gasteiger partial charge in [0.05, 0.1) is 7.11 Å². The zero-order chi connectivity index (χ0) is 17.4. The van der Waals surface area contributed by atoms with E-state index in [4.69, 9.17) is 4.74 Å². The molecule has 1 aromatic heterocycles. The van der Waals surface area contributed by atoms with Crippen LogP contribution in [-0.4, -0.2) is 24.0 Å². The quantitative estimate of drug-likeness (QED) is 0.767. The van der Waals surface area contributed by atoms with Crippen LogP contribution in [0.25, 0.3) is 10.9 Å². The molecule has 1 amide bonds. The van der Waals surface area contributed by atoms with Crippen molar-refractivity contribution in [2.24, 2.45) is 0 Å². The highest BCUT2D eigenvalue weighted by atomic mass is 19.1. The Labute approximate surface area is 145 Å². The molecule has 5 heteroatoms. The van der Waals surface area contributed by atoms with Crippen LogP contribution in [0.2, 0.25) is 0 Å². The first-order chi connectivity index (χ1) is 12.1. The molecule has 4 nitrogen and oxygen atoms in total. The predicted molar refractivity (Wildman–Crippen MR) is 94.5 cm³/mol. The lowest BCUT2D eigenvalue weighted by molar-refractivity contribution is 0.0933. The summed E-state index contributed by atoms with van der Waals surface area (Å²) in [7, 11) is 1.58. The van der Waals surface area contributed by atoms with Gasteiger partial charge in [-0.15, -0.1) is 0 Å². The van der Waals surface area contributed by atoms with Gasteiger partial charge in [0, 0.05) is 28.2 Å². The molecule has 3 aromatic rings. The number of halogens is 1. The molecule has 0 saturated carbocycles. The van der Waals surface area contributed by atoms with Crippen LogP contribution in [0.15, 0.2) is 42.5 Å². The number of fused-ring (bicyclic) bond motifs is 3. The molecule has 4 rings (SSSR count). The molecule has 0 spiro atoms. The van der Waals surface area contributed by atoms with Crippen molar-refractivity contribution in [3.63, 3.8) is 0 Å². The van der Waals surface area contributed by atoms with Gasteiger partial charge in [-0.2, -0.15) is 0 Å². The molecule has 0 fully saturated rings. The zero-order valence-corrected chi connectivity index (χ0v) is 13.9. The molecule has 0 saturated heterocycles.